The van der Waals surface area contributed by atoms with Gasteiger partial charge in [-0.2, -0.15) is 0 Å². The lowest BCUT2D eigenvalue weighted by molar-refractivity contribution is -0.139. The number of rotatable bonds is 5. The van der Waals surface area contributed by atoms with Gasteiger partial charge in [0.25, 0.3) is 0 Å². The highest BCUT2D eigenvalue weighted by Gasteiger charge is 2.23. The van der Waals surface area contributed by atoms with E-state index in [9.17, 15) is 14.0 Å². The molecule has 0 unspecified atom stereocenters. The number of hydrogen-bond donors (Lipinski definition) is 0. The van der Waals surface area contributed by atoms with Crippen LogP contribution in [0.2, 0.25) is 5.02 Å². The van der Waals surface area contributed by atoms with Crippen LogP contribution in [0.3, 0.4) is 0 Å². The smallest absolute Gasteiger partial charge is 0.227 e. The zero-order valence-corrected chi connectivity index (χ0v) is 15.8. The van der Waals surface area contributed by atoms with E-state index in [1.807, 2.05) is 29.2 Å². The molecule has 0 N–H and O–H groups in total. The first-order valence-electron chi connectivity index (χ1n) is 9.06. The molecule has 6 heteroatoms. The summed E-state index contributed by atoms with van der Waals surface area (Å²) in [6, 6.07) is 13.5. The number of piperazine rings is 1. The quantitative estimate of drug-likeness (QED) is 0.788. The maximum Gasteiger partial charge on any atom is 0.227 e. The molecule has 0 spiro atoms. The van der Waals surface area contributed by atoms with Crippen molar-refractivity contribution in [1.82, 2.24) is 9.80 Å². The molecular weight excluding hydrogens is 367 g/mol. The van der Waals surface area contributed by atoms with Crippen molar-refractivity contribution in [2.24, 2.45) is 0 Å². The Morgan fingerprint density at radius 3 is 2.15 bits per heavy atom. The summed E-state index contributed by atoms with van der Waals surface area (Å²) >= 11 is 5.97. The maximum atomic E-state index is 12.9. The van der Waals surface area contributed by atoms with Crippen molar-refractivity contribution in [2.45, 2.75) is 19.3 Å². The van der Waals surface area contributed by atoms with Crippen LogP contribution in [-0.2, 0) is 22.4 Å². The van der Waals surface area contributed by atoms with E-state index in [-0.39, 0.29) is 24.1 Å². The lowest BCUT2D eigenvalue weighted by Gasteiger charge is -2.35. The molecular formula is C21H22ClFN2O2. The van der Waals surface area contributed by atoms with Crippen molar-refractivity contribution in [3.05, 3.63) is 70.5 Å². The standard InChI is InChI=1S/C21H22ClFN2O2/c22-18-3-1-2-16(14-18)6-9-20(26)24-10-12-25(13-11-24)21(27)15-17-4-7-19(23)8-5-17/h1-5,7-8,14H,6,9-13,15H2. The van der Waals surface area contributed by atoms with Crippen molar-refractivity contribution < 1.29 is 14.0 Å². The first kappa shape index (κ1) is 19.4. The average molecular weight is 389 g/mol. The highest BCUT2D eigenvalue weighted by atomic mass is 35.5. The van der Waals surface area contributed by atoms with E-state index in [0.29, 0.717) is 44.0 Å². The Kier molecular flexibility index (Phi) is 6.45. The number of benzene rings is 2. The van der Waals surface area contributed by atoms with Gasteiger partial charge >= 0.3 is 0 Å². The number of carbonyl (C=O) groups excluding carboxylic acids is 2. The number of aryl methyl sites for hydroxylation is 1. The van der Waals surface area contributed by atoms with E-state index >= 15 is 0 Å². The summed E-state index contributed by atoms with van der Waals surface area (Å²) in [5.41, 5.74) is 1.84. The van der Waals surface area contributed by atoms with E-state index in [2.05, 4.69) is 0 Å². The molecule has 0 aromatic heterocycles. The Morgan fingerprint density at radius 1 is 0.889 bits per heavy atom. The topological polar surface area (TPSA) is 40.6 Å². The van der Waals surface area contributed by atoms with Gasteiger partial charge in [-0.15, -0.1) is 0 Å². The van der Waals surface area contributed by atoms with Crippen LogP contribution in [0.25, 0.3) is 0 Å². The van der Waals surface area contributed by atoms with Crippen molar-refractivity contribution in [1.29, 1.82) is 0 Å². The van der Waals surface area contributed by atoms with E-state index in [1.54, 1.807) is 17.0 Å². The van der Waals surface area contributed by atoms with Crippen molar-refractivity contribution in [2.75, 3.05) is 26.2 Å². The van der Waals surface area contributed by atoms with E-state index in [4.69, 9.17) is 11.6 Å². The van der Waals surface area contributed by atoms with Crippen LogP contribution in [0.1, 0.15) is 17.5 Å². The molecule has 2 aromatic carbocycles. The minimum atomic E-state index is -0.309. The molecule has 1 fully saturated rings. The first-order chi connectivity index (χ1) is 13.0. The van der Waals surface area contributed by atoms with Crippen LogP contribution in [0.15, 0.2) is 48.5 Å². The molecule has 3 rings (SSSR count). The van der Waals surface area contributed by atoms with Gasteiger partial charge in [-0.05, 0) is 41.8 Å². The highest BCUT2D eigenvalue weighted by molar-refractivity contribution is 6.30. The lowest BCUT2D eigenvalue weighted by Crippen LogP contribution is -2.51. The zero-order chi connectivity index (χ0) is 19.2. The average Bonchev–Trinajstić information content (AvgIpc) is 2.68. The zero-order valence-electron chi connectivity index (χ0n) is 15.0. The molecule has 0 radical (unpaired) electrons. The van der Waals surface area contributed by atoms with E-state index in [0.717, 1.165) is 11.1 Å². The van der Waals surface area contributed by atoms with Gasteiger partial charge in [0.05, 0.1) is 6.42 Å². The van der Waals surface area contributed by atoms with Crippen LogP contribution in [0, 0.1) is 5.82 Å². The van der Waals surface area contributed by atoms with Crippen molar-refractivity contribution in [3.63, 3.8) is 0 Å². The second-order valence-electron chi connectivity index (χ2n) is 6.69. The fraction of sp³-hybridized carbons (Fsp3) is 0.333. The minimum Gasteiger partial charge on any atom is -0.339 e. The van der Waals surface area contributed by atoms with Gasteiger partial charge in [0.15, 0.2) is 0 Å². The predicted molar refractivity (Wildman–Crippen MR) is 103 cm³/mol. The lowest BCUT2D eigenvalue weighted by atomic mass is 10.1. The third-order valence-corrected chi connectivity index (χ3v) is 5.01. The fourth-order valence-electron chi connectivity index (χ4n) is 3.20. The summed E-state index contributed by atoms with van der Waals surface area (Å²) in [5, 5.41) is 0.674. The molecule has 0 aliphatic carbocycles. The van der Waals surface area contributed by atoms with Gasteiger partial charge < -0.3 is 9.80 Å². The van der Waals surface area contributed by atoms with Crippen LogP contribution in [-0.4, -0.2) is 47.8 Å². The van der Waals surface area contributed by atoms with Crippen LogP contribution < -0.4 is 0 Å². The Labute approximate surface area is 163 Å². The van der Waals surface area contributed by atoms with Gasteiger partial charge in [-0.25, -0.2) is 4.39 Å². The second-order valence-corrected chi connectivity index (χ2v) is 7.13. The van der Waals surface area contributed by atoms with Crippen LogP contribution in [0.5, 0.6) is 0 Å². The summed E-state index contributed by atoms with van der Waals surface area (Å²) < 4.78 is 12.9. The van der Waals surface area contributed by atoms with Crippen LogP contribution >= 0.6 is 11.6 Å². The van der Waals surface area contributed by atoms with Crippen molar-refractivity contribution in [3.8, 4) is 0 Å². The number of amides is 2. The van der Waals surface area contributed by atoms with Gasteiger partial charge in [-0.3, -0.25) is 9.59 Å². The molecule has 1 saturated heterocycles. The molecule has 1 aliphatic rings. The maximum absolute atomic E-state index is 12.9. The Hall–Kier alpha value is -2.40. The molecule has 142 valence electrons. The summed E-state index contributed by atoms with van der Waals surface area (Å²) in [7, 11) is 0. The van der Waals surface area contributed by atoms with E-state index in [1.165, 1.54) is 12.1 Å². The monoisotopic (exact) mass is 388 g/mol. The molecule has 1 aliphatic heterocycles. The number of hydrogen-bond acceptors (Lipinski definition) is 2. The van der Waals surface area contributed by atoms with Gasteiger partial charge in [0.1, 0.15) is 5.82 Å². The summed E-state index contributed by atoms with van der Waals surface area (Å²) in [6.45, 7) is 2.15. The first-order valence-corrected chi connectivity index (χ1v) is 9.43. The summed E-state index contributed by atoms with van der Waals surface area (Å²) in [6.07, 6.45) is 1.34. The van der Waals surface area contributed by atoms with Gasteiger partial charge in [-0.1, -0.05) is 35.9 Å². The fourth-order valence-corrected chi connectivity index (χ4v) is 3.41. The molecule has 2 amide bonds. The third kappa shape index (κ3) is 5.54. The minimum absolute atomic E-state index is 0.00707. The normalized spacial score (nSPS) is 14.3. The highest BCUT2D eigenvalue weighted by Crippen LogP contribution is 2.14. The molecule has 1 heterocycles. The predicted octanol–water partition coefficient (Wildman–Crippen LogP) is 3.33. The second kappa shape index (κ2) is 9.00. The van der Waals surface area contributed by atoms with Crippen molar-refractivity contribution >= 4 is 23.4 Å². The SMILES string of the molecule is O=C(CCc1cccc(Cl)c1)N1CCN(C(=O)Cc2ccc(F)cc2)CC1. The van der Waals surface area contributed by atoms with Gasteiger partial charge in [0, 0.05) is 37.6 Å². The number of halogens is 2. The third-order valence-electron chi connectivity index (χ3n) is 4.77. The van der Waals surface area contributed by atoms with Crippen LogP contribution in [0.4, 0.5) is 4.39 Å². The summed E-state index contributed by atoms with van der Waals surface area (Å²) in [4.78, 5) is 28.4. The molecule has 0 atom stereocenters. The Balaban J connectivity index is 1.44. The number of nitrogens with zero attached hydrogens (tertiary/aromatic N) is 2. The Bertz CT molecular complexity index is 802. The Morgan fingerprint density at radius 2 is 1.52 bits per heavy atom. The molecule has 0 bridgehead atoms. The molecule has 4 nitrogen and oxygen atoms in total. The largest absolute Gasteiger partial charge is 0.339 e. The van der Waals surface area contributed by atoms with Gasteiger partial charge in [0.2, 0.25) is 11.8 Å². The van der Waals surface area contributed by atoms with E-state index < -0.39 is 0 Å². The molecule has 27 heavy (non-hydrogen) atoms. The molecule has 0 saturated carbocycles. The summed E-state index contributed by atoms with van der Waals surface area (Å²) in [5.74, 6) is -0.204. The number of carbonyl (C=O) groups is 2. The molecule has 2 aromatic rings.